The summed E-state index contributed by atoms with van der Waals surface area (Å²) in [5.41, 5.74) is -1.27. The summed E-state index contributed by atoms with van der Waals surface area (Å²) in [4.78, 5) is 40.2. The van der Waals surface area contributed by atoms with Crippen LogP contribution in [0, 0.1) is 23.1 Å². The number of halogens is 1. The summed E-state index contributed by atoms with van der Waals surface area (Å²) in [5.74, 6) is -1.87. The first-order valence-electron chi connectivity index (χ1n) is 12.6. The van der Waals surface area contributed by atoms with Gasteiger partial charge in [-0.2, -0.15) is 5.26 Å². The minimum absolute atomic E-state index is 0.00881. The van der Waals surface area contributed by atoms with E-state index in [-0.39, 0.29) is 28.8 Å². The van der Waals surface area contributed by atoms with E-state index >= 15 is 4.39 Å². The summed E-state index contributed by atoms with van der Waals surface area (Å²) < 4.78 is 28.4. The molecule has 2 heterocycles. The van der Waals surface area contributed by atoms with Crippen molar-refractivity contribution in [3.8, 4) is 11.8 Å². The molecule has 1 aliphatic heterocycles. The Bertz CT molecular complexity index is 1370. The molecule has 1 saturated carbocycles. The molecule has 2 aliphatic rings. The highest BCUT2D eigenvalue weighted by atomic mass is 19.1. The zero-order valence-electron chi connectivity index (χ0n) is 22.3. The molecule has 0 radical (unpaired) electrons. The van der Waals surface area contributed by atoms with Crippen molar-refractivity contribution in [2.24, 2.45) is 5.92 Å². The number of carbonyl (C=O) groups is 2. The maximum Gasteiger partial charge on any atom is 0.411 e. The topological polar surface area (TPSA) is 125 Å². The van der Waals surface area contributed by atoms with Gasteiger partial charge in [-0.05, 0) is 58.4 Å². The minimum Gasteiger partial charge on any atom is -0.492 e. The Morgan fingerprint density at radius 1 is 1.32 bits per heavy atom. The zero-order valence-corrected chi connectivity index (χ0v) is 22.3. The van der Waals surface area contributed by atoms with E-state index < -0.39 is 40.5 Å². The number of carboxylic acid groups (broad SMARTS) is 1. The van der Waals surface area contributed by atoms with Crippen LogP contribution in [-0.4, -0.2) is 65.5 Å². The zero-order chi connectivity index (χ0) is 27.9. The summed E-state index contributed by atoms with van der Waals surface area (Å²) in [7, 11) is 2.93. The molecule has 2 fully saturated rings. The van der Waals surface area contributed by atoms with Gasteiger partial charge in [0.05, 0.1) is 24.1 Å². The van der Waals surface area contributed by atoms with Crippen LogP contribution in [0.1, 0.15) is 62.9 Å². The number of nitrogens with zero attached hydrogens (tertiary/aromatic N) is 4. The molecule has 10 nitrogen and oxygen atoms in total. The number of benzene rings is 1. The van der Waals surface area contributed by atoms with E-state index in [9.17, 15) is 24.8 Å². The van der Waals surface area contributed by atoms with Gasteiger partial charge in [0.25, 0.3) is 0 Å². The number of methoxy groups -OCH3 is 1. The van der Waals surface area contributed by atoms with Gasteiger partial charge in [0.2, 0.25) is 5.43 Å². The van der Waals surface area contributed by atoms with Crippen LogP contribution >= 0.6 is 0 Å². The molecule has 1 saturated heterocycles. The fourth-order valence-electron chi connectivity index (χ4n) is 5.03. The first kappa shape index (κ1) is 27.2. The van der Waals surface area contributed by atoms with Gasteiger partial charge in [-0.3, -0.25) is 9.69 Å². The molecule has 1 amide bonds. The van der Waals surface area contributed by atoms with Gasteiger partial charge in [0, 0.05) is 32.4 Å². The summed E-state index contributed by atoms with van der Waals surface area (Å²) in [5, 5.41) is 19.2. The third-order valence-corrected chi connectivity index (χ3v) is 7.03. The molecule has 1 aromatic heterocycles. The molecule has 1 aromatic carbocycles. The molecule has 204 valence electrons. The largest absolute Gasteiger partial charge is 0.492 e. The summed E-state index contributed by atoms with van der Waals surface area (Å²) in [6, 6.07) is 2.57. The van der Waals surface area contributed by atoms with Crippen molar-refractivity contribution in [3.63, 3.8) is 0 Å². The van der Waals surface area contributed by atoms with Crippen LogP contribution in [0.25, 0.3) is 10.9 Å². The quantitative estimate of drug-likeness (QED) is 0.568. The number of pyridine rings is 1. The molecular weight excluding hydrogens is 495 g/mol. The van der Waals surface area contributed by atoms with Gasteiger partial charge < -0.3 is 24.0 Å². The highest BCUT2D eigenvalue weighted by Crippen LogP contribution is 2.44. The molecule has 2 unspecified atom stereocenters. The number of rotatable bonds is 7. The van der Waals surface area contributed by atoms with Gasteiger partial charge in [-0.1, -0.05) is 0 Å². The van der Waals surface area contributed by atoms with E-state index in [2.05, 4.69) is 6.07 Å². The molecule has 11 heteroatoms. The number of ether oxygens (including phenoxy) is 2. The van der Waals surface area contributed by atoms with E-state index in [0.717, 1.165) is 18.9 Å². The summed E-state index contributed by atoms with van der Waals surface area (Å²) in [6.07, 6.45) is 3.42. The Labute approximate surface area is 220 Å². The van der Waals surface area contributed by atoms with Crippen LogP contribution in [0.2, 0.25) is 0 Å². The standard InChI is InChI=1S/C27H33FN4O6/c1-27(2,3)38-26(36)30(4)17(12-29)10-15-8-9-31(13-15)22-20(28)11-18-21(24(22)37-5)32(16-6-7-16)14-19(23(18)33)25(34)35/h11,14-17H,6-10,13H2,1-5H3,(H,34,35). The van der Waals surface area contributed by atoms with E-state index in [1.807, 2.05) is 4.90 Å². The number of fused-ring (bicyclic) bond motifs is 1. The summed E-state index contributed by atoms with van der Waals surface area (Å²) >= 11 is 0. The second-order valence-electron chi connectivity index (χ2n) is 11.0. The van der Waals surface area contributed by atoms with Crippen LogP contribution in [0.5, 0.6) is 5.75 Å². The van der Waals surface area contributed by atoms with E-state index in [0.29, 0.717) is 31.4 Å². The third kappa shape index (κ3) is 5.26. The Kier molecular flexibility index (Phi) is 7.28. The van der Waals surface area contributed by atoms with Crippen LogP contribution in [0.3, 0.4) is 0 Å². The van der Waals surface area contributed by atoms with Crippen LogP contribution in [-0.2, 0) is 4.74 Å². The van der Waals surface area contributed by atoms with E-state index in [1.54, 1.807) is 25.3 Å². The van der Waals surface area contributed by atoms with Crippen molar-refractivity contribution in [1.82, 2.24) is 9.47 Å². The lowest BCUT2D eigenvalue weighted by Crippen LogP contribution is -2.41. The molecule has 1 N–H and O–H groups in total. The highest BCUT2D eigenvalue weighted by Gasteiger charge is 2.35. The van der Waals surface area contributed by atoms with Crippen molar-refractivity contribution in [3.05, 3.63) is 33.9 Å². The molecule has 38 heavy (non-hydrogen) atoms. The van der Waals surface area contributed by atoms with Gasteiger partial charge in [-0.15, -0.1) is 0 Å². The predicted octanol–water partition coefficient (Wildman–Crippen LogP) is 4.16. The second-order valence-corrected chi connectivity index (χ2v) is 11.0. The summed E-state index contributed by atoms with van der Waals surface area (Å²) in [6.45, 7) is 6.17. The number of nitriles is 1. The molecule has 0 spiro atoms. The SMILES string of the molecule is COc1c(N2CCC(CC(C#N)N(C)C(=O)OC(C)(C)C)C2)c(F)cc2c(=O)c(C(=O)O)cn(C3CC3)c12. The lowest BCUT2D eigenvalue weighted by atomic mass is 9.99. The van der Waals surface area contributed by atoms with Crippen molar-refractivity contribution in [2.45, 2.75) is 64.1 Å². The maximum atomic E-state index is 15.6. The number of amides is 1. The van der Waals surface area contributed by atoms with Gasteiger partial charge in [0.1, 0.15) is 22.9 Å². The molecule has 1 aliphatic carbocycles. The average molecular weight is 529 g/mol. The molecular formula is C27H33FN4O6. The Hall–Kier alpha value is -3.81. The Balaban J connectivity index is 1.65. The minimum atomic E-state index is -1.36. The van der Waals surface area contributed by atoms with Gasteiger partial charge in [0.15, 0.2) is 11.6 Å². The van der Waals surface area contributed by atoms with Gasteiger partial charge in [-0.25, -0.2) is 14.0 Å². The molecule has 2 atom stereocenters. The van der Waals surface area contributed by atoms with Crippen LogP contribution in [0.4, 0.5) is 14.9 Å². The van der Waals surface area contributed by atoms with Crippen molar-refractivity contribution in [2.75, 3.05) is 32.1 Å². The lowest BCUT2D eigenvalue weighted by molar-refractivity contribution is 0.0246. The number of hydrogen-bond acceptors (Lipinski definition) is 7. The Morgan fingerprint density at radius 3 is 2.55 bits per heavy atom. The number of aromatic carboxylic acids is 1. The molecule has 0 bridgehead atoms. The second kappa shape index (κ2) is 10.2. The number of aromatic nitrogens is 1. The normalized spacial score (nSPS) is 18.2. The third-order valence-electron chi connectivity index (χ3n) is 7.03. The van der Waals surface area contributed by atoms with Gasteiger partial charge >= 0.3 is 12.1 Å². The lowest BCUT2D eigenvalue weighted by Gasteiger charge is -2.29. The number of carbonyl (C=O) groups excluding carboxylic acids is 1. The van der Waals surface area contributed by atoms with E-state index in [4.69, 9.17) is 9.47 Å². The first-order valence-corrected chi connectivity index (χ1v) is 12.6. The molecule has 4 rings (SSSR count). The number of anilines is 1. The number of hydrogen-bond donors (Lipinski definition) is 1. The van der Waals surface area contributed by atoms with Crippen molar-refractivity contribution < 1.29 is 28.6 Å². The monoisotopic (exact) mass is 528 g/mol. The van der Waals surface area contributed by atoms with E-state index in [1.165, 1.54) is 25.3 Å². The van der Waals surface area contributed by atoms with Crippen LogP contribution in [0.15, 0.2) is 17.1 Å². The maximum absolute atomic E-state index is 15.6. The Morgan fingerprint density at radius 2 is 2.00 bits per heavy atom. The highest BCUT2D eigenvalue weighted by molar-refractivity contribution is 5.97. The van der Waals surface area contributed by atoms with Crippen molar-refractivity contribution >= 4 is 28.7 Å². The fourth-order valence-corrected chi connectivity index (χ4v) is 5.03. The van der Waals surface area contributed by atoms with Crippen LogP contribution < -0.4 is 15.1 Å². The fraction of sp³-hybridized carbons (Fsp3) is 0.556. The molecule has 2 aromatic rings. The predicted molar refractivity (Wildman–Crippen MR) is 138 cm³/mol. The average Bonchev–Trinajstić information content (AvgIpc) is 3.58. The van der Waals surface area contributed by atoms with Crippen molar-refractivity contribution in [1.29, 1.82) is 5.26 Å². The number of carboxylic acids is 1. The smallest absolute Gasteiger partial charge is 0.411 e. The first-order chi connectivity index (χ1) is 17.9.